The van der Waals surface area contributed by atoms with Gasteiger partial charge in [0.25, 0.3) is 0 Å². The maximum absolute atomic E-state index is 8.74. The zero-order valence-electron chi connectivity index (χ0n) is 10.6. The zero-order valence-corrected chi connectivity index (χ0v) is 11.3. The average molecular weight is 274 g/mol. The van der Waals surface area contributed by atoms with Gasteiger partial charge in [-0.25, -0.2) is 9.97 Å². The minimum absolute atomic E-state index is 0.155. The Labute approximate surface area is 116 Å². The largest absolute Gasteiger partial charge is 0.439 e. The Bertz CT molecular complexity index is 618. The Morgan fingerprint density at radius 1 is 1.21 bits per heavy atom. The molecule has 1 aromatic carbocycles. The van der Waals surface area contributed by atoms with E-state index in [1.54, 1.807) is 24.3 Å². The van der Waals surface area contributed by atoms with Gasteiger partial charge in [-0.05, 0) is 30.2 Å². The van der Waals surface area contributed by atoms with E-state index in [-0.39, 0.29) is 5.92 Å². The molecule has 0 radical (unpaired) electrons. The fourth-order valence-electron chi connectivity index (χ4n) is 1.63. The van der Waals surface area contributed by atoms with Crippen molar-refractivity contribution in [2.24, 2.45) is 0 Å². The van der Waals surface area contributed by atoms with Crippen LogP contribution >= 0.6 is 11.6 Å². The third-order valence-corrected chi connectivity index (χ3v) is 2.88. The van der Waals surface area contributed by atoms with Crippen molar-refractivity contribution in [3.8, 4) is 17.7 Å². The summed E-state index contributed by atoms with van der Waals surface area (Å²) in [5, 5.41) is 9.14. The first kappa shape index (κ1) is 13.3. The van der Waals surface area contributed by atoms with Crippen molar-refractivity contribution < 1.29 is 4.74 Å². The van der Waals surface area contributed by atoms with Gasteiger partial charge in [-0.15, -0.1) is 0 Å². The standard InChI is InChI=1S/C14H12ClN3O/c1-9(2)12-13(15)17-8-18-14(12)19-11-5-3-10(7-16)4-6-11/h3-6,8-9H,1-2H3. The van der Waals surface area contributed by atoms with Crippen molar-refractivity contribution in [2.45, 2.75) is 19.8 Å². The highest BCUT2D eigenvalue weighted by Crippen LogP contribution is 2.32. The van der Waals surface area contributed by atoms with Crippen LogP contribution in [-0.2, 0) is 0 Å². The molecule has 0 amide bonds. The van der Waals surface area contributed by atoms with E-state index in [0.29, 0.717) is 22.3 Å². The van der Waals surface area contributed by atoms with Crippen LogP contribution in [0.15, 0.2) is 30.6 Å². The molecule has 96 valence electrons. The lowest BCUT2D eigenvalue weighted by Gasteiger charge is -2.13. The second kappa shape index (κ2) is 5.68. The highest BCUT2D eigenvalue weighted by molar-refractivity contribution is 6.30. The molecule has 0 N–H and O–H groups in total. The first-order valence-corrected chi connectivity index (χ1v) is 6.18. The molecule has 0 saturated carbocycles. The lowest BCUT2D eigenvalue weighted by Crippen LogP contribution is -1.99. The Kier molecular flexibility index (Phi) is 3.98. The van der Waals surface area contributed by atoms with E-state index in [0.717, 1.165) is 5.56 Å². The molecule has 0 atom stereocenters. The van der Waals surface area contributed by atoms with E-state index >= 15 is 0 Å². The predicted octanol–water partition coefficient (Wildman–Crippen LogP) is 3.92. The van der Waals surface area contributed by atoms with Crippen molar-refractivity contribution in [3.05, 3.63) is 46.9 Å². The van der Waals surface area contributed by atoms with Gasteiger partial charge in [0.1, 0.15) is 17.2 Å². The van der Waals surface area contributed by atoms with Crippen LogP contribution in [0, 0.1) is 11.3 Å². The SMILES string of the molecule is CC(C)c1c(Cl)ncnc1Oc1ccc(C#N)cc1. The topological polar surface area (TPSA) is 58.8 Å². The minimum atomic E-state index is 0.155. The van der Waals surface area contributed by atoms with Crippen molar-refractivity contribution in [1.82, 2.24) is 9.97 Å². The van der Waals surface area contributed by atoms with Gasteiger partial charge in [0.2, 0.25) is 5.88 Å². The quantitative estimate of drug-likeness (QED) is 0.795. The van der Waals surface area contributed by atoms with Crippen LogP contribution in [-0.4, -0.2) is 9.97 Å². The molecule has 0 aliphatic heterocycles. The van der Waals surface area contributed by atoms with E-state index in [4.69, 9.17) is 21.6 Å². The molecule has 0 saturated heterocycles. The van der Waals surface area contributed by atoms with Crippen LogP contribution in [0.5, 0.6) is 11.6 Å². The minimum Gasteiger partial charge on any atom is -0.439 e. The van der Waals surface area contributed by atoms with Crippen LogP contribution in [0.1, 0.15) is 30.9 Å². The Morgan fingerprint density at radius 2 is 1.89 bits per heavy atom. The molecule has 0 bridgehead atoms. The molecule has 0 fully saturated rings. The van der Waals surface area contributed by atoms with E-state index in [9.17, 15) is 0 Å². The van der Waals surface area contributed by atoms with Crippen LogP contribution in [0.2, 0.25) is 5.15 Å². The summed E-state index contributed by atoms with van der Waals surface area (Å²) in [5.74, 6) is 1.21. The van der Waals surface area contributed by atoms with Gasteiger partial charge in [-0.1, -0.05) is 25.4 Å². The van der Waals surface area contributed by atoms with Crippen molar-refractivity contribution in [2.75, 3.05) is 0 Å². The molecule has 0 aliphatic carbocycles. The number of halogens is 1. The van der Waals surface area contributed by atoms with E-state index in [1.807, 2.05) is 13.8 Å². The molecule has 5 heteroatoms. The molecule has 2 rings (SSSR count). The van der Waals surface area contributed by atoms with Crippen LogP contribution in [0.3, 0.4) is 0 Å². The summed E-state index contributed by atoms with van der Waals surface area (Å²) in [5.41, 5.74) is 1.35. The first-order chi connectivity index (χ1) is 9.11. The van der Waals surface area contributed by atoms with E-state index in [1.165, 1.54) is 6.33 Å². The number of hydrogen-bond donors (Lipinski definition) is 0. The van der Waals surface area contributed by atoms with Gasteiger partial charge in [-0.2, -0.15) is 5.26 Å². The van der Waals surface area contributed by atoms with Crippen LogP contribution in [0.4, 0.5) is 0 Å². The lowest BCUT2D eigenvalue weighted by atomic mass is 10.1. The molecule has 1 aromatic heterocycles. The first-order valence-electron chi connectivity index (χ1n) is 5.80. The third kappa shape index (κ3) is 3.01. The number of aromatic nitrogens is 2. The second-order valence-electron chi connectivity index (χ2n) is 4.28. The number of nitrogens with zero attached hydrogens (tertiary/aromatic N) is 3. The summed E-state index contributed by atoms with van der Waals surface area (Å²) < 4.78 is 5.71. The number of nitriles is 1. The van der Waals surface area contributed by atoms with Gasteiger partial charge in [0.05, 0.1) is 17.2 Å². The fourth-order valence-corrected chi connectivity index (χ4v) is 1.98. The molecular weight excluding hydrogens is 262 g/mol. The summed E-state index contributed by atoms with van der Waals surface area (Å²) in [4.78, 5) is 8.08. The summed E-state index contributed by atoms with van der Waals surface area (Å²) in [6, 6.07) is 8.87. The summed E-state index contributed by atoms with van der Waals surface area (Å²) in [6.07, 6.45) is 1.37. The van der Waals surface area contributed by atoms with Crippen molar-refractivity contribution in [1.29, 1.82) is 5.26 Å². The highest BCUT2D eigenvalue weighted by atomic mass is 35.5. The number of benzene rings is 1. The molecule has 4 nitrogen and oxygen atoms in total. The Balaban J connectivity index is 2.33. The van der Waals surface area contributed by atoms with Crippen LogP contribution in [0.25, 0.3) is 0 Å². The monoisotopic (exact) mass is 273 g/mol. The lowest BCUT2D eigenvalue weighted by molar-refractivity contribution is 0.451. The van der Waals surface area contributed by atoms with Gasteiger partial charge in [-0.3, -0.25) is 0 Å². The Morgan fingerprint density at radius 3 is 2.47 bits per heavy atom. The predicted molar refractivity (Wildman–Crippen MR) is 72.4 cm³/mol. The smallest absolute Gasteiger partial charge is 0.227 e. The molecule has 0 spiro atoms. The normalized spacial score (nSPS) is 10.3. The van der Waals surface area contributed by atoms with Crippen molar-refractivity contribution >= 4 is 11.6 Å². The maximum Gasteiger partial charge on any atom is 0.227 e. The second-order valence-corrected chi connectivity index (χ2v) is 4.63. The van der Waals surface area contributed by atoms with Gasteiger partial charge >= 0.3 is 0 Å². The summed E-state index contributed by atoms with van der Waals surface area (Å²) >= 11 is 6.06. The average Bonchev–Trinajstić information content (AvgIpc) is 2.39. The molecule has 2 aromatic rings. The van der Waals surface area contributed by atoms with E-state index in [2.05, 4.69) is 16.0 Å². The number of hydrogen-bond acceptors (Lipinski definition) is 4. The molecule has 19 heavy (non-hydrogen) atoms. The summed E-state index contributed by atoms with van der Waals surface area (Å²) in [6.45, 7) is 3.99. The van der Waals surface area contributed by atoms with Crippen molar-refractivity contribution in [3.63, 3.8) is 0 Å². The third-order valence-electron chi connectivity index (χ3n) is 2.57. The van der Waals surface area contributed by atoms with Crippen LogP contribution < -0.4 is 4.74 Å². The van der Waals surface area contributed by atoms with E-state index < -0.39 is 0 Å². The van der Waals surface area contributed by atoms with Gasteiger partial charge < -0.3 is 4.74 Å². The number of rotatable bonds is 3. The number of ether oxygens (including phenoxy) is 1. The van der Waals surface area contributed by atoms with Gasteiger partial charge in [0, 0.05) is 0 Å². The summed E-state index contributed by atoms with van der Waals surface area (Å²) in [7, 11) is 0. The molecule has 0 unspecified atom stereocenters. The van der Waals surface area contributed by atoms with Gasteiger partial charge in [0.15, 0.2) is 0 Å². The molecule has 0 aliphatic rings. The maximum atomic E-state index is 8.74. The fraction of sp³-hybridized carbons (Fsp3) is 0.214. The molecular formula is C14H12ClN3O. The highest BCUT2D eigenvalue weighted by Gasteiger charge is 2.15. The Hall–Kier alpha value is -2.12. The molecule has 1 heterocycles. The zero-order chi connectivity index (χ0) is 13.8.